The van der Waals surface area contributed by atoms with E-state index in [1.807, 2.05) is 6.92 Å². The summed E-state index contributed by atoms with van der Waals surface area (Å²) in [4.78, 5) is 11.2. The summed E-state index contributed by atoms with van der Waals surface area (Å²) in [7, 11) is 0. The summed E-state index contributed by atoms with van der Waals surface area (Å²) in [6.45, 7) is 5.47. The number of nitrogens with one attached hydrogen (secondary N) is 1. The first-order valence-electron chi connectivity index (χ1n) is 4.55. The zero-order chi connectivity index (χ0) is 11.3. The number of nitrogen functional groups attached to an aromatic ring is 1. The molecule has 0 spiro atoms. The van der Waals surface area contributed by atoms with Crippen molar-refractivity contribution in [3.8, 4) is 0 Å². The van der Waals surface area contributed by atoms with E-state index in [1.54, 1.807) is 18.2 Å². The molecule has 0 bridgehead atoms. The SMILES string of the molecule is C=CCOC(=O)Nc1cccc(N)c1C. The van der Waals surface area contributed by atoms with E-state index in [0.29, 0.717) is 11.4 Å². The number of ether oxygens (including phenoxy) is 1. The molecule has 0 aromatic heterocycles. The molecule has 0 aliphatic heterocycles. The van der Waals surface area contributed by atoms with Crippen LogP contribution in [0.1, 0.15) is 5.56 Å². The Hall–Kier alpha value is -1.97. The van der Waals surface area contributed by atoms with E-state index in [2.05, 4.69) is 11.9 Å². The number of hydrogen-bond donors (Lipinski definition) is 2. The number of benzene rings is 1. The van der Waals surface area contributed by atoms with Gasteiger partial charge in [-0.2, -0.15) is 0 Å². The van der Waals surface area contributed by atoms with Crippen molar-refractivity contribution >= 4 is 17.5 Å². The third-order valence-electron chi connectivity index (χ3n) is 1.94. The zero-order valence-electron chi connectivity index (χ0n) is 8.62. The molecule has 0 aliphatic carbocycles. The van der Waals surface area contributed by atoms with Crippen LogP contribution in [0.2, 0.25) is 0 Å². The van der Waals surface area contributed by atoms with Crippen molar-refractivity contribution in [1.82, 2.24) is 0 Å². The second-order valence-corrected chi connectivity index (χ2v) is 3.03. The first kappa shape index (κ1) is 11.1. The van der Waals surface area contributed by atoms with Crippen molar-refractivity contribution in [2.24, 2.45) is 0 Å². The van der Waals surface area contributed by atoms with Gasteiger partial charge < -0.3 is 10.5 Å². The van der Waals surface area contributed by atoms with Crippen LogP contribution < -0.4 is 11.1 Å². The molecule has 0 aliphatic rings. The van der Waals surface area contributed by atoms with Crippen molar-refractivity contribution in [2.45, 2.75) is 6.92 Å². The molecule has 80 valence electrons. The van der Waals surface area contributed by atoms with Gasteiger partial charge in [0.15, 0.2) is 0 Å². The number of rotatable bonds is 3. The van der Waals surface area contributed by atoms with E-state index >= 15 is 0 Å². The smallest absolute Gasteiger partial charge is 0.411 e. The van der Waals surface area contributed by atoms with Crippen LogP contribution in [0.15, 0.2) is 30.9 Å². The van der Waals surface area contributed by atoms with Gasteiger partial charge in [-0.1, -0.05) is 18.7 Å². The van der Waals surface area contributed by atoms with Crippen LogP contribution >= 0.6 is 0 Å². The molecule has 1 rings (SSSR count). The Morgan fingerprint density at radius 3 is 3.07 bits per heavy atom. The monoisotopic (exact) mass is 206 g/mol. The minimum atomic E-state index is -0.511. The van der Waals surface area contributed by atoms with E-state index in [4.69, 9.17) is 10.5 Å². The molecule has 1 amide bonds. The highest BCUT2D eigenvalue weighted by Gasteiger charge is 2.05. The fraction of sp³-hybridized carbons (Fsp3) is 0.182. The summed E-state index contributed by atoms with van der Waals surface area (Å²) in [6, 6.07) is 5.31. The molecule has 0 saturated heterocycles. The lowest BCUT2D eigenvalue weighted by Crippen LogP contribution is -2.14. The second kappa shape index (κ2) is 5.05. The van der Waals surface area contributed by atoms with Crippen LogP contribution in [0, 0.1) is 6.92 Å². The van der Waals surface area contributed by atoms with Gasteiger partial charge in [0, 0.05) is 11.4 Å². The van der Waals surface area contributed by atoms with Gasteiger partial charge in [-0.15, -0.1) is 0 Å². The molecule has 0 fully saturated rings. The summed E-state index contributed by atoms with van der Waals surface area (Å²) < 4.78 is 4.78. The normalized spacial score (nSPS) is 9.40. The molecular weight excluding hydrogens is 192 g/mol. The quantitative estimate of drug-likeness (QED) is 0.589. The number of carbonyl (C=O) groups is 1. The Kier molecular flexibility index (Phi) is 3.74. The van der Waals surface area contributed by atoms with Crippen LogP contribution in [0.4, 0.5) is 16.2 Å². The second-order valence-electron chi connectivity index (χ2n) is 3.03. The Labute approximate surface area is 88.7 Å². The largest absolute Gasteiger partial charge is 0.445 e. The Balaban J connectivity index is 2.68. The van der Waals surface area contributed by atoms with Gasteiger partial charge in [0.1, 0.15) is 6.61 Å². The lowest BCUT2D eigenvalue weighted by molar-refractivity contribution is 0.174. The number of nitrogens with two attached hydrogens (primary N) is 1. The van der Waals surface area contributed by atoms with E-state index in [-0.39, 0.29) is 6.61 Å². The molecule has 0 unspecified atom stereocenters. The summed E-state index contributed by atoms with van der Waals surface area (Å²) in [5.74, 6) is 0. The van der Waals surface area contributed by atoms with Gasteiger partial charge in [0.25, 0.3) is 0 Å². The van der Waals surface area contributed by atoms with Gasteiger partial charge in [0.05, 0.1) is 0 Å². The van der Waals surface area contributed by atoms with Gasteiger partial charge in [0.2, 0.25) is 0 Å². The summed E-state index contributed by atoms with van der Waals surface area (Å²) in [5.41, 5.74) is 7.81. The standard InChI is InChI=1S/C11H14N2O2/c1-3-7-15-11(14)13-10-6-4-5-9(12)8(10)2/h3-6H,1,7,12H2,2H3,(H,13,14). The Morgan fingerprint density at radius 2 is 2.40 bits per heavy atom. The maximum atomic E-state index is 11.2. The molecule has 0 radical (unpaired) electrons. The van der Waals surface area contributed by atoms with Crippen LogP contribution in [0.5, 0.6) is 0 Å². The molecule has 0 saturated carbocycles. The van der Waals surface area contributed by atoms with Crippen molar-refractivity contribution in [3.05, 3.63) is 36.4 Å². The van der Waals surface area contributed by atoms with E-state index in [1.165, 1.54) is 6.08 Å². The van der Waals surface area contributed by atoms with Crippen LogP contribution in [-0.4, -0.2) is 12.7 Å². The zero-order valence-corrected chi connectivity index (χ0v) is 8.62. The molecule has 1 aromatic rings. The average Bonchev–Trinajstić information content (AvgIpc) is 2.22. The van der Waals surface area contributed by atoms with Crippen molar-refractivity contribution in [2.75, 3.05) is 17.7 Å². The summed E-state index contributed by atoms with van der Waals surface area (Å²) in [6.07, 6.45) is 0.995. The van der Waals surface area contributed by atoms with E-state index in [9.17, 15) is 4.79 Å². The summed E-state index contributed by atoms with van der Waals surface area (Å²) >= 11 is 0. The lowest BCUT2D eigenvalue weighted by atomic mass is 10.1. The maximum Gasteiger partial charge on any atom is 0.411 e. The minimum Gasteiger partial charge on any atom is -0.445 e. The maximum absolute atomic E-state index is 11.2. The van der Waals surface area contributed by atoms with Gasteiger partial charge >= 0.3 is 6.09 Å². The van der Waals surface area contributed by atoms with Crippen molar-refractivity contribution in [3.63, 3.8) is 0 Å². The lowest BCUT2D eigenvalue weighted by Gasteiger charge is -2.09. The predicted octanol–water partition coefficient (Wildman–Crippen LogP) is 2.31. The third kappa shape index (κ3) is 3.02. The van der Waals surface area contributed by atoms with Gasteiger partial charge in [-0.25, -0.2) is 4.79 Å². The predicted molar refractivity (Wildman–Crippen MR) is 60.8 cm³/mol. The molecule has 0 atom stereocenters. The third-order valence-corrected chi connectivity index (χ3v) is 1.94. The topological polar surface area (TPSA) is 64.3 Å². The first-order valence-corrected chi connectivity index (χ1v) is 4.55. The number of hydrogen-bond acceptors (Lipinski definition) is 3. The van der Waals surface area contributed by atoms with Crippen molar-refractivity contribution in [1.29, 1.82) is 0 Å². The average molecular weight is 206 g/mol. The minimum absolute atomic E-state index is 0.188. The molecule has 1 aromatic carbocycles. The van der Waals surface area contributed by atoms with Crippen LogP contribution in [0.25, 0.3) is 0 Å². The molecular formula is C11H14N2O2. The van der Waals surface area contributed by atoms with E-state index in [0.717, 1.165) is 5.56 Å². The molecule has 3 N–H and O–H groups in total. The van der Waals surface area contributed by atoms with Gasteiger partial charge in [-0.05, 0) is 24.6 Å². The highest BCUT2D eigenvalue weighted by molar-refractivity contribution is 5.86. The van der Waals surface area contributed by atoms with Crippen molar-refractivity contribution < 1.29 is 9.53 Å². The molecule has 15 heavy (non-hydrogen) atoms. The number of amides is 1. The number of carbonyl (C=O) groups excluding carboxylic acids is 1. The Morgan fingerprint density at radius 1 is 1.67 bits per heavy atom. The van der Waals surface area contributed by atoms with Crippen LogP contribution in [-0.2, 0) is 4.74 Å². The fourth-order valence-electron chi connectivity index (χ4n) is 1.07. The number of anilines is 2. The molecule has 0 heterocycles. The van der Waals surface area contributed by atoms with E-state index < -0.39 is 6.09 Å². The molecule has 4 heteroatoms. The first-order chi connectivity index (χ1) is 7.15. The van der Waals surface area contributed by atoms with Gasteiger partial charge in [-0.3, -0.25) is 5.32 Å². The Bertz CT molecular complexity index is 375. The summed E-state index contributed by atoms with van der Waals surface area (Å²) in [5, 5.41) is 2.60. The molecule has 4 nitrogen and oxygen atoms in total. The van der Waals surface area contributed by atoms with Crippen LogP contribution in [0.3, 0.4) is 0 Å². The fourth-order valence-corrected chi connectivity index (χ4v) is 1.07. The highest BCUT2D eigenvalue weighted by atomic mass is 16.5. The highest BCUT2D eigenvalue weighted by Crippen LogP contribution is 2.20.